The quantitative estimate of drug-likeness (QED) is 0.165. The first-order chi connectivity index (χ1) is 28.9. The summed E-state index contributed by atoms with van der Waals surface area (Å²) >= 11 is 0. The van der Waals surface area contributed by atoms with Crippen LogP contribution in [0.3, 0.4) is 0 Å². The maximum atomic E-state index is 2.54. The number of hydrogen-bond donors (Lipinski definition) is 0. The van der Waals surface area contributed by atoms with Crippen LogP contribution in [-0.4, -0.2) is 13.7 Å². The van der Waals surface area contributed by atoms with Gasteiger partial charge < -0.3 is 13.7 Å². The molecular formula is C59H69N3. The topological polar surface area (TPSA) is 14.8 Å². The smallest absolute Gasteiger partial charge is 0.0524 e. The predicted octanol–water partition coefficient (Wildman–Crippen LogP) is 16.1. The van der Waals surface area contributed by atoms with Crippen molar-refractivity contribution in [1.82, 2.24) is 13.7 Å². The van der Waals surface area contributed by atoms with Gasteiger partial charge in [-0.2, -0.15) is 0 Å². The lowest BCUT2D eigenvalue weighted by Gasteiger charge is -2.23. The van der Waals surface area contributed by atoms with Crippen LogP contribution in [0.25, 0.3) is 87.7 Å². The van der Waals surface area contributed by atoms with Crippen LogP contribution in [-0.2, 0) is 21.1 Å². The molecule has 320 valence electrons. The lowest BCUT2D eigenvalue weighted by Crippen LogP contribution is -2.02. The Hall–Kier alpha value is -5.28. The Kier molecular flexibility index (Phi) is 9.06. The van der Waals surface area contributed by atoms with Crippen LogP contribution < -0.4 is 0 Å². The van der Waals surface area contributed by atoms with Gasteiger partial charge in [-0.15, -0.1) is 0 Å². The average molecular weight is 820 g/mol. The first kappa shape index (κ1) is 42.0. The van der Waals surface area contributed by atoms with E-state index < -0.39 is 0 Å². The summed E-state index contributed by atoms with van der Waals surface area (Å²) in [5, 5.41) is 8.51. The summed E-state index contributed by atoms with van der Waals surface area (Å²) in [6.45, 7) is 47.3. The third kappa shape index (κ3) is 4.73. The fraction of sp³-hybridized carbons (Fsp3) is 0.390. The van der Waals surface area contributed by atoms with Gasteiger partial charge in [0, 0.05) is 53.5 Å². The molecule has 0 aliphatic carbocycles. The van der Waals surface area contributed by atoms with E-state index in [9.17, 15) is 0 Å². The van der Waals surface area contributed by atoms with E-state index in [0.717, 1.165) is 0 Å². The summed E-state index contributed by atoms with van der Waals surface area (Å²) in [5.74, 6) is 0. The molecule has 0 unspecified atom stereocenters. The molecule has 0 saturated heterocycles. The van der Waals surface area contributed by atoms with Crippen molar-refractivity contribution in [3.63, 3.8) is 0 Å². The van der Waals surface area contributed by atoms with E-state index >= 15 is 0 Å². The van der Waals surface area contributed by atoms with Gasteiger partial charge in [-0.1, -0.05) is 0 Å². The second-order valence-corrected chi connectivity index (χ2v) is 20.0. The summed E-state index contributed by atoms with van der Waals surface area (Å²) in [7, 11) is 6.90. The number of aryl methyl sites for hydroxylation is 15. The molecular weight excluding hydrogens is 751 g/mol. The van der Waals surface area contributed by atoms with E-state index in [-0.39, 0.29) is 0 Å². The van der Waals surface area contributed by atoms with Crippen LogP contribution in [0, 0.1) is 138 Å². The zero-order chi connectivity index (χ0) is 45.5. The van der Waals surface area contributed by atoms with Crippen LogP contribution in [0.15, 0.2) is 0 Å². The summed E-state index contributed by atoms with van der Waals surface area (Å²) in [6.07, 6.45) is 0. The van der Waals surface area contributed by atoms with Gasteiger partial charge in [0.15, 0.2) is 0 Å². The minimum Gasteiger partial charge on any atom is -0.343 e. The van der Waals surface area contributed by atoms with Crippen molar-refractivity contribution in [2.45, 2.75) is 138 Å². The van der Waals surface area contributed by atoms with Crippen molar-refractivity contribution in [2.75, 3.05) is 0 Å². The highest BCUT2D eigenvalue weighted by atomic mass is 15.0. The van der Waals surface area contributed by atoms with Crippen molar-refractivity contribution in [2.24, 2.45) is 21.1 Å². The van der Waals surface area contributed by atoms with E-state index in [1.54, 1.807) is 0 Å². The van der Waals surface area contributed by atoms with Gasteiger partial charge >= 0.3 is 0 Å². The molecule has 0 saturated carbocycles. The van der Waals surface area contributed by atoms with E-state index in [1.165, 1.54) is 199 Å². The summed E-state index contributed by atoms with van der Waals surface area (Å²) in [5.41, 5.74) is 41.8. The van der Waals surface area contributed by atoms with Gasteiger partial charge in [-0.25, -0.2) is 0 Å². The summed E-state index contributed by atoms with van der Waals surface area (Å²) in [6, 6.07) is 0. The molecule has 0 atom stereocenters. The van der Waals surface area contributed by atoms with Gasteiger partial charge in [0.05, 0.1) is 33.1 Å². The monoisotopic (exact) mass is 820 g/mol. The van der Waals surface area contributed by atoms with Gasteiger partial charge in [-0.3, -0.25) is 0 Å². The number of aromatic nitrogens is 3. The Bertz CT molecular complexity index is 3380. The fourth-order valence-corrected chi connectivity index (χ4v) is 13.3. The highest BCUT2D eigenvalue weighted by Gasteiger charge is 2.31. The van der Waals surface area contributed by atoms with Crippen molar-refractivity contribution in [3.8, 4) is 22.3 Å². The third-order valence-corrected chi connectivity index (χ3v) is 17.7. The Morgan fingerprint density at radius 3 is 0.500 bits per heavy atom. The molecule has 0 aliphatic rings. The second-order valence-electron chi connectivity index (χ2n) is 20.0. The standard InChI is InChI=1S/C59H69N3/c1-24-26(3)34(11)54-48(28(24)5)50-40(17)44(30(7)36(13)56(50)60(54)21)46-32(9)38(15)58-52(42(46)19)53-43(20)47(33(10)39(16)59(53)62(58)23)45-31(8)37(14)57-51(41(45)18)49-29(6)25(2)27(4)35(12)55(49)61(57)22/h1-23H3. The predicted molar refractivity (Wildman–Crippen MR) is 274 cm³/mol. The Morgan fingerprint density at radius 2 is 0.306 bits per heavy atom. The third-order valence-electron chi connectivity index (χ3n) is 17.7. The van der Waals surface area contributed by atoms with Gasteiger partial charge in [0.2, 0.25) is 0 Å². The molecule has 0 aliphatic heterocycles. The first-order valence-electron chi connectivity index (χ1n) is 22.9. The average Bonchev–Trinajstić information content (AvgIpc) is 3.84. The summed E-state index contributed by atoms with van der Waals surface area (Å²) < 4.78 is 7.54. The molecule has 0 bridgehead atoms. The minimum atomic E-state index is 1.36. The Labute approximate surface area is 370 Å². The molecule has 0 amide bonds. The molecule has 0 N–H and O–H groups in total. The van der Waals surface area contributed by atoms with Crippen LogP contribution >= 0.6 is 0 Å². The molecule has 6 aromatic carbocycles. The van der Waals surface area contributed by atoms with Crippen molar-refractivity contribution < 1.29 is 0 Å². The van der Waals surface area contributed by atoms with Crippen molar-refractivity contribution >= 4 is 65.4 Å². The number of hydrogen-bond acceptors (Lipinski definition) is 0. The molecule has 62 heavy (non-hydrogen) atoms. The SMILES string of the molecule is Cc1c(C)c(C)c2c(c1C)c1c(C)c(-c3c(C)c(C)c4c(c3C)c3c(C)c(-c5c(C)c(C)c6c(c5C)c5c(C)c(C)c(C)c(C)c5n6C)c(C)c(C)c3n4C)c(C)c(C)c1n2C. The minimum absolute atomic E-state index is 1.36. The number of benzene rings is 6. The molecule has 3 heteroatoms. The van der Waals surface area contributed by atoms with Gasteiger partial charge in [0.25, 0.3) is 0 Å². The Morgan fingerprint density at radius 1 is 0.161 bits per heavy atom. The van der Waals surface area contributed by atoms with Crippen molar-refractivity contribution in [1.29, 1.82) is 0 Å². The van der Waals surface area contributed by atoms with E-state index in [2.05, 4.69) is 173 Å². The van der Waals surface area contributed by atoms with Gasteiger partial charge in [0.1, 0.15) is 0 Å². The molecule has 9 rings (SSSR count). The highest BCUT2D eigenvalue weighted by molar-refractivity contribution is 6.21. The van der Waals surface area contributed by atoms with E-state index in [0.29, 0.717) is 0 Å². The zero-order valence-corrected chi connectivity index (χ0v) is 42.3. The van der Waals surface area contributed by atoms with Gasteiger partial charge in [-0.05, 0) is 272 Å². The molecule has 3 nitrogen and oxygen atoms in total. The molecule has 0 spiro atoms. The molecule has 0 radical (unpaired) electrons. The molecule has 0 fully saturated rings. The highest BCUT2D eigenvalue weighted by Crippen LogP contribution is 2.52. The van der Waals surface area contributed by atoms with Crippen LogP contribution in [0.2, 0.25) is 0 Å². The van der Waals surface area contributed by atoms with Crippen molar-refractivity contribution in [3.05, 3.63) is 111 Å². The lowest BCUT2D eigenvalue weighted by molar-refractivity contribution is 0.994. The fourth-order valence-electron chi connectivity index (χ4n) is 13.3. The first-order valence-corrected chi connectivity index (χ1v) is 22.9. The molecule has 9 aromatic rings. The van der Waals surface area contributed by atoms with E-state index in [4.69, 9.17) is 0 Å². The zero-order valence-electron chi connectivity index (χ0n) is 42.3. The molecule has 3 heterocycles. The second kappa shape index (κ2) is 13.4. The Balaban J connectivity index is 1.46. The van der Waals surface area contributed by atoms with Crippen LogP contribution in [0.1, 0.15) is 111 Å². The largest absolute Gasteiger partial charge is 0.343 e. The number of nitrogens with zero attached hydrogens (tertiary/aromatic N) is 3. The normalized spacial score (nSPS) is 12.4. The maximum Gasteiger partial charge on any atom is 0.0524 e. The molecule has 3 aromatic heterocycles. The maximum absolute atomic E-state index is 2.54. The van der Waals surface area contributed by atoms with Crippen LogP contribution in [0.5, 0.6) is 0 Å². The summed E-state index contributed by atoms with van der Waals surface area (Å²) in [4.78, 5) is 0. The van der Waals surface area contributed by atoms with Crippen LogP contribution in [0.4, 0.5) is 0 Å². The lowest BCUT2D eigenvalue weighted by atomic mass is 9.80. The number of fused-ring (bicyclic) bond motifs is 9. The number of rotatable bonds is 2. The van der Waals surface area contributed by atoms with E-state index in [1.807, 2.05) is 0 Å².